The monoisotopic (exact) mass is 314 g/mol. The molecular formula is C16H14N2OS2. The number of thiazole rings is 1. The summed E-state index contributed by atoms with van der Waals surface area (Å²) in [5.74, 6) is 0.138. The molecule has 106 valence electrons. The number of aromatic nitrogens is 1. The SMILES string of the molecule is O=C(c1ccc2ncsc2c1)N(Cc1ccsc1)C1CC1. The van der Waals surface area contributed by atoms with Gasteiger partial charge in [-0.05, 0) is 53.4 Å². The Hall–Kier alpha value is -1.72. The first-order valence-electron chi connectivity index (χ1n) is 6.96. The molecule has 3 nitrogen and oxygen atoms in total. The van der Waals surface area contributed by atoms with Crippen molar-refractivity contribution in [3.05, 3.63) is 51.7 Å². The summed E-state index contributed by atoms with van der Waals surface area (Å²) in [5, 5.41) is 4.18. The maximum absolute atomic E-state index is 12.8. The fourth-order valence-corrected chi connectivity index (χ4v) is 3.86. The molecular weight excluding hydrogens is 300 g/mol. The van der Waals surface area contributed by atoms with Gasteiger partial charge in [-0.2, -0.15) is 11.3 Å². The molecule has 0 bridgehead atoms. The van der Waals surface area contributed by atoms with Crippen LogP contribution in [0.3, 0.4) is 0 Å². The number of amides is 1. The van der Waals surface area contributed by atoms with Crippen LogP contribution in [0.15, 0.2) is 40.5 Å². The number of rotatable bonds is 4. The maximum atomic E-state index is 12.8. The second-order valence-electron chi connectivity index (χ2n) is 5.33. The lowest BCUT2D eigenvalue weighted by Gasteiger charge is -2.22. The van der Waals surface area contributed by atoms with Crippen molar-refractivity contribution in [1.29, 1.82) is 0 Å². The molecule has 21 heavy (non-hydrogen) atoms. The van der Waals surface area contributed by atoms with Gasteiger partial charge in [-0.1, -0.05) is 0 Å². The Labute approximate surface area is 130 Å². The van der Waals surface area contributed by atoms with E-state index in [4.69, 9.17) is 0 Å². The summed E-state index contributed by atoms with van der Waals surface area (Å²) in [4.78, 5) is 19.1. The van der Waals surface area contributed by atoms with Crippen LogP contribution in [-0.2, 0) is 6.54 Å². The van der Waals surface area contributed by atoms with Gasteiger partial charge in [0.25, 0.3) is 5.91 Å². The highest BCUT2D eigenvalue weighted by Crippen LogP contribution is 2.31. The molecule has 4 rings (SSSR count). The van der Waals surface area contributed by atoms with Crippen molar-refractivity contribution >= 4 is 38.8 Å². The molecule has 1 aromatic carbocycles. The molecule has 3 aromatic rings. The molecule has 0 saturated heterocycles. The summed E-state index contributed by atoms with van der Waals surface area (Å²) >= 11 is 3.26. The molecule has 5 heteroatoms. The van der Waals surface area contributed by atoms with E-state index >= 15 is 0 Å². The Morgan fingerprint density at radius 3 is 3.00 bits per heavy atom. The summed E-state index contributed by atoms with van der Waals surface area (Å²) in [6.07, 6.45) is 2.25. The van der Waals surface area contributed by atoms with Crippen molar-refractivity contribution in [2.45, 2.75) is 25.4 Å². The van der Waals surface area contributed by atoms with Crippen molar-refractivity contribution in [3.8, 4) is 0 Å². The number of thiophene rings is 1. The molecule has 1 aliphatic rings. The summed E-state index contributed by atoms with van der Waals surface area (Å²) in [5.41, 5.74) is 4.78. The first-order valence-corrected chi connectivity index (χ1v) is 8.79. The third-order valence-electron chi connectivity index (χ3n) is 3.76. The first-order chi connectivity index (χ1) is 10.3. The Balaban J connectivity index is 1.63. The molecule has 2 heterocycles. The van der Waals surface area contributed by atoms with Crippen LogP contribution in [0, 0.1) is 0 Å². The second kappa shape index (κ2) is 5.24. The van der Waals surface area contributed by atoms with E-state index in [9.17, 15) is 4.79 Å². The highest BCUT2D eigenvalue weighted by molar-refractivity contribution is 7.16. The van der Waals surface area contributed by atoms with Crippen LogP contribution in [0.2, 0.25) is 0 Å². The standard InChI is InChI=1S/C16H14N2OS2/c19-16(12-1-4-14-15(7-12)21-10-17-14)18(13-2-3-13)8-11-5-6-20-9-11/h1,4-7,9-10,13H,2-3,8H2. The number of carbonyl (C=O) groups is 1. The zero-order valence-corrected chi connectivity index (χ0v) is 13.0. The van der Waals surface area contributed by atoms with E-state index in [1.165, 1.54) is 5.56 Å². The smallest absolute Gasteiger partial charge is 0.254 e. The lowest BCUT2D eigenvalue weighted by Crippen LogP contribution is -2.32. The molecule has 0 radical (unpaired) electrons. The minimum atomic E-state index is 0.138. The van der Waals surface area contributed by atoms with Gasteiger partial charge in [0.1, 0.15) is 0 Å². The predicted octanol–water partition coefficient (Wildman–Crippen LogP) is 4.16. The van der Waals surface area contributed by atoms with Crippen molar-refractivity contribution in [1.82, 2.24) is 9.88 Å². The molecule has 0 aliphatic heterocycles. The molecule has 0 atom stereocenters. The molecule has 1 fully saturated rings. The zero-order valence-electron chi connectivity index (χ0n) is 11.4. The number of nitrogens with zero attached hydrogens (tertiary/aromatic N) is 2. The number of benzene rings is 1. The van der Waals surface area contributed by atoms with Crippen LogP contribution < -0.4 is 0 Å². The maximum Gasteiger partial charge on any atom is 0.254 e. The van der Waals surface area contributed by atoms with E-state index in [2.05, 4.69) is 21.8 Å². The van der Waals surface area contributed by atoms with Gasteiger partial charge in [-0.3, -0.25) is 4.79 Å². The molecule has 0 N–H and O–H groups in total. The highest BCUT2D eigenvalue weighted by atomic mass is 32.1. The number of hydrogen-bond acceptors (Lipinski definition) is 4. The minimum Gasteiger partial charge on any atom is -0.331 e. The second-order valence-corrected chi connectivity index (χ2v) is 7.00. The quantitative estimate of drug-likeness (QED) is 0.724. The van der Waals surface area contributed by atoms with Gasteiger partial charge in [0.15, 0.2) is 0 Å². The van der Waals surface area contributed by atoms with Gasteiger partial charge < -0.3 is 4.90 Å². The van der Waals surface area contributed by atoms with E-state index in [1.54, 1.807) is 22.7 Å². The summed E-state index contributed by atoms with van der Waals surface area (Å²) in [6, 6.07) is 8.31. The highest BCUT2D eigenvalue weighted by Gasteiger charge is 2.33. The lowest BCUT2D eigenvalue weighted by molar-refractivity contribution is 0.0730. The van der Waals surface area contributed by atoms with Gasteiger partial charge in [0, 0.05) is 18.2 Å². The minimum absolute atomic E-state index is 0.138. The third-order valence-corrected chi connectivity index (χ3v) is 5.28. The lowest BCUT2D eigenvalue weighted by atomic mass is 10.1. The summed E-state index contributed by atoms with van der Waals surface area (Å²) in [7, 11) is 0. The Morgan fingerprint density at radius 2 is 2.24 bits per heavy atom. The third kappa shape index (κ3) is 2.59. The fraction of sp³-hybridized carbons (Fsp3) is 0.250. The molecule has 2 aromatic heterocycles. The zero-order chi connectivity index (χ0) is 14.2. The molecule has 1 amide bonds. The average Bonchev–Trinajstić information content (AvgIpc) is 3.02. The van der Waals surface area contributed by atoms with Crippen molar-refractivity contribution in [2.75, 3.05) is 0 Å². The molecule has 0 unspecified atom stereocenters. The van der Waals surface area contributed by atoms with E-state index in [-0.39, 0.29) is 5.91 Å². The van der Waals surface area contributed by atoms with Gasteiger partial charge >= 0.3 is 0 Å². The van der Waals surface area contributed by atoms with E-state index < -0.39 is 0 Å². The Morgan fingerprint density at radius 1 is 1.33 bits per heavy atom. The van der Waals surface area contributed by atoms with E-state index in [1.807, 2.05) is 28.6 Å². The molecule has 1 aliphatic carbocycles. The first kappa shape index (κ1) is 13.0. The van der Waals surface area contributed by atoms with Crippen LogP contribution >= 0.6 is 22.7 Å². The number of carbonyl (C=O) groups excluding carboxylic acids is 1. The predicted molar refractivity (Wildman–Crippen MR) is 86.8 cm³/mol. The normalized spacial score (nSPS) is 14.5. The van der Waals surface area contributed by atoms with Crippen molar-refractivity contribution in [2.24, 2.45) is 0 Å². The van der Waals surface area contributed by atoms with Gasteiger partial charge in [0.05, 0.1) is 15.7 Å². The van der Waals surface area contributed by atoms with Crippen LogP contribution in [0.5, 0.6) is 0 Å². The van der Waals surface area contributed by atoms with Gasteiger partial charge in [0.2, 0.25) is 0 Å². The van der Waals surface area contributed by atoms with E-state index in [0.717, 1.165) is 28.6 Å². The summed E-state index contributed by atoms with van der Waals surface area (Å²) in [6.45, 7) is 0.716. The Bertz CT molecular complexity index is 775. The number of fused-ring (bicyclic) bond motifs is 1. The van der Waals surface area contributed by atoms with Crippen LogP contribution in [0.4, 0.5) is 0 Å². The topological polar surface area (TPSA) is 33.2 Å². The van der Waals surface area contributed by atoms with E-state index in [0.29, 0.717) is 12.6 Å². The fourth-order valence-electron chi connectivity index (χ4n) is 2.49. The van der Waals surface area contributed by atoms with Crippen LogP contribution in [0.1, 0.15) is 28.8 Å². The van der Waals surface area contributed by atoms with Gasteiger partial charge in [-0.25, -0.2) is 4.98 Å². The van der Waals surface area contributed by atoms with Crippen LogP contribution in [0.25, 0.3) is 10.2 Å². The molecule has 0 spiro atoms. The van der Waals surface area contributed by atoms with Crippen molar-refractivity contribution < 1.29 is 4.79 Å². The largest absolute Gasteiger partial charge is 0.331 e. The Kier molecular flexibility index (Phi) is 3.24. The summed E-state index contributed by atoms with van der Waals surface area (Å²) < 4.78 is 1.08. The molecule has 1 saturated carbocycles. The average molecular weight is 314 g/mol. The number of hydrogen-bond donors (Lipinski definition) is 0. The van der Waals surface area contributed by atoms with Crippen molar-refractivity contribution in [3.63, 3.8) is 0 Å². The van der Waals surface area contributed by atoms with Crippen LogP contribution in [-0.4, -0.2) is 21.8 Å². The van der Waals surface area contributed by atoms with Gasteiger partial charge in [-0.15, -0.1) is 11.3 Å².